The first-order chi connectivity index (χ1) is 6.83. The fourth-order valence-electron chi connectivity index (χ4n) is 1.46. The molecule has 0 atom stereocenters. The van der Waals surface area contributed by atoms with Crippen molar-refractivity contribution in [2.45, 2.75) is 13.5 Å². The molecule has 14 heavy (non-hydrogen) atoms. The number of hydrogen-bond donors (Lipinski definition) is 1. The summed E-state index contributed by atoms with van der Waals surface area (Å²) in [6.07, 6.45) is 1.78. The van der Waals surface area contributed by atoms with Crippen LogP contribution < -0.4 is 5.73 Å². The van der Waals surface area contributed by atoms with E-state index >= 15 is 0 Å². The standard InChI is InChI=1S/C11H13N3/c1-2-14-8-13-10(11(14)12)9-6-4-3-5-7-9/h3-8H,2,12H2,1H3. The van der Waals surface area contributed by atoms with Crippen molar-refractivity contribution in [1.29, 1.82) is 0 Å². The quantitative estimate of drug-likeness (QED) is 0.782. The molecule has 3 heteroatoms. The van der Waals surface area contributed by atoms with Crippen molar-refractivity contribution in [2.75, 3.05) is 5.73 Å². The van der Waals surface area contributed by atoms with E-state index in [1.807, 2.05) is 41.8 Å². The molecular weight excluding hydrogens is 174 g/mol. The van der Waals surface area contributed by atoms with Gasteiger partial charge in [-0.15, -0.1) is 0 Å². The third-order valence-corrected chi connectivity index (χ3v) is 2.27. The van der Waals surface area contributed by atoms with Gasteiger partial charge in [-0.3, -0.25) is 0 Å². The van der Waals surface area contributed by atoms with Crippen molar-refractivity contribution >= 4 is 5.82 Å². The van der Waals surface area contributed by atoms with Crippen molar-refractivity contribution in [2.24, 2.45) is 0 Å². The molecule has 0 aliphatic rings. The normalized spacial score (nSPS) is 10.4. The Bertz CT molecular complexity index is 417. The van der Waals surface area contributed by atoms with E-state index in [-0.39, 0.29) is 0 Å². The zero-order chi connectivity index (χ0) is 9.97. The number of rotatable bonds is 2. The summed E-state index contributed by atoms with van der Waals surface area (Å²) in [6, 6.07) is 9.98. The van der Waals surface area contributed by atoms with Crippen LogP contribution >= 0.6 is 0 Å². The van der Waals surface area contributed by atoms with Gasteiger partial charge >= 0.3 is 0 Å². The summed E-state index contributed by atoms with van der Waals surface area (Å²) in [5.41, 5.74) is 7.88. The van der Waals surface area contributed by atoms with Crippen LogP contribution in [0, 0.1) is 0 Å². The van der Waals surface area contributed by atoms with Crippen molar-refractivity contribution in [3.05, 3.63) is 36.7 Å². The summed E-state index contributed by atoms with van der Waals surface area (Å²) in [4.78, 5) is 4.29. The lowest BCUT2D eigenvalue weighted by molar-refractivity contribution is 0.771. The minimum Gasteiger partial charge on any atom is -0.383 e. The molecule has 72 valence electrons. The number of aromatic nitrogens is 2. The lowest BCUT2D eigenvalue weighted by Crippen LogP contribution is -1.99. The molecule has 0 amide bonds. The average Bonchev–Trinajstić information content (AvgIpc) is 2.61. The molecule has 0 spiro atoms. The van der Waals surface area contributed by atoms with Gasteiger partial charge in [-0.2, -0.15) is 0 Å². The number of imidazole rings is 1. The molecule has 0 fully saturated rings. The van der Waals surface area contributed by atoms with Gasteiger partial charge in [0, 0.05) is 12.1 Å². The van der Waals surface area contributed by atoms with Gasteiger partial charge in [-0.1, -0.05) is 30.3 Å². The van der Waals surface area contributed by atoms with Crippen LogP contribution in [0.25, 0.3) is 11.3 Å². The van der Waals surface area contributed by atoms with Gasteiger partial charge in [0.05, 0.1) is 6.33 Å². The minimum absolute atomic E-state index is 0.735. The number of nitrogens with two attached hydrogens (primary N) is 1. The van der Waals surface area contributed by atoms with E-state index in [0.29, 0.717) is 0 Å². The minimum atomic E-state index is 0.735. The molecular formula is C11H13N3. The van der Waals surface area contributed by atoms with E-state index in [4.69, 9.17) is 5.73 Å². The summed E-state index contributed by atoms with van der Waals surface area (Å²) >= 11 is 0. The molecule has 1 aromatic heterocycles. The van der Waals surface area contributed by atoms with Crippen LogP contribution in [0.15, 0.2) is 36.7 Å². The van der Waals surface area contributed by atoms with E-state index in [1.54, 1.807) is 6.33 Å². The van der Waals surface area contributed by atoms with Crippen LogP contribution in [0.5, 0.6) is 0 Å². The van der Waals surface area contributed by atoms with E-state index < -0.39 is 0 Å². The molecule has 0 aliphatic heterocycles. The highest BCUT2D eigenvalue weighted by molar-refractivity contribution is 5.70. The molecule has 2 N–H and O–H groups in total. The molecule has 0 saturated carbocycles. The molecule has 2 rings (SSSR count). The van der Waals surface area contributed by atoms with Crippen LogP contribution in [0.1, 0.15) is 6.92 Å². The van der Waals surface area contributed by atoms with E-state index in [2.05, 4.69) is 4.98 Å². The summed E-state index contributed by atoms with van der Waals surface area (Å²) < 4.78 is 1.93. The Morgan fingerprint density at radius 3 is 2.57 bits per heavy atom. The fourth-order valence-corrected chi connectivity index (χ4v) is 1.46. The number of benzene rings is 1. The molecule has 0 bridgehead atoms. The van der Waals surface area contributed by atoms with Crippen LogP contribution in [0.3, 0.4) is 0 Å². The molecule has 0 aliphatic carbocycles. The van der Waals surface area contributed by atoms with Gasteiger partial charge in [0.15, 0.2) is 0 Å². The lowest BCUT2D eigenvalue weighted by atomic mass is 10.1. The Labute approximate surface area is 83.2 Å². The highest BCUT2D eigenvalue weighted by atomic mass is 15.1. The molecule has 0 radical (unpaired) electrons. The first-order valence-corrected chi connectivity index (χ1v) is 4.69. The Balaban J connectivity index is 2.48. The number of nitrogens with zero attached hydrogens (tertiary/aromatic N) is 2. The number of nitrogen functional groups attached to an aromatic ring is 1. The van der Waals surface area contributed by atoms with Crippen LogP contribution in [-0.2, 0) is 6.54 Å². The number of anilines is 1. The first-order valence-electron chi connectivity index (χ1n) is 4.69. The monoisotopic (exact) mass is 187 g/mol. The maximum atomic E-state index is 5.95. The predicted octanol–water partition coefficient (Wildman–Crippen LogP) is 2.15. The second kappa shape index (κ2) is 3.54. The Kier molecular flexibility index (Phi) is 2.23. The zero-order valence-corrected chi connectivity index (χ0v) is 8.14. The molecule has 1 heterocycles. The van der Waals surface area contributed by atoms with Crippen molar-refractivity contribution in [1.82, 2.24) is 9.55 Å². The van der Waals surface area contributed by atoms with Crippen LogP contribution in [0.2, 0.25) is 0 Å². The van der Waals surface area contributed by atoms with Gasteiger partial charge in [0.1, 0.15) is 11.5 Å². The fraction of sp³-hybridized carbons (Fsp3) is 0.182. The summed E-state index contributed by atoms with van der Waals surface area (Å²) in [6.45, 7) is 2.90. The topological polar surface area (TPSA) is 43.8 Å². The summed E-state index contributed by atoms with van der Waals surface area (Å²) in [7, 11) is 0. The Morgan fingerprint density at radius 1 is 1.29 bits per heavy atom. The zero-order valence-electron chi connectivity index (χ0n) is 8.14. The average molecular weight is 187 g/mol. The molecule has 3 nitrogen and oxygen atoms in total. The Hall–Kier alpha value is -1.77. The lowest BCUT2D eigenvalue weighted by Gasteiger charge is -2.01. The van der Waals surface area contributed by atoms with Crippen LogP contribution in [-0.4, -0.2) is 9.55 Å². The first kappa shape index (κ1) is 8.81. The van der Waals surface area contributed by atoms with Gasteiger partial charge < -0.3 is 10.3 Å². The second-order valence-corrected chi connectivity index (χ2v) is 3.13. The molecule has 1 aromatic carbocycles. The summed E-state index contributed by atoms with van der Waals surface area (Å²) in [5.74, 6) is 0.735. The van der Waals surface area contributed by atoms with E-state index in [9.17, 15) is 0 Å². The number of aryl methyl sites for hydroxylation is 1. The number of hydrogen-bond acceptors (Lipinski definition) is 2. The smallest absolute Gasteiger partial charge is 0.131 e. The van der Waals surface area contributed by atoms with E-state index in [0.717, 1.165) is 23.6 Å². The van der Waals surface area contributed by atoms with Gasteiger partial charge in [0.25, 0.3) is 0 Å². The molecule has 0 unspecified atom stereocenters. The summed E-state index contributed by atoms with van der Waals surface area (Å²) in [5, 5.41) is 0. The Morgan fingerprint density at radius 2 is 2.00 bits per heavy atom. The van der Waals surface area contributed by atoms with Gasteiger partial charge in [0.2, 0.25) is 0 Å². The van der Waals surface area contributed by atoms with Gasteiger partial charge in [-0.05, 0) is 6.92 Å². The van der Waals surface area contributed by atoms with Crippen LogP contribution in [0.4, 0.5) is 5.82 Å². The maximum Gasteiger partial charge on any atom is 0.131 e. The third kappa shape index (κ3) is 1.37. The van der Waals surface area contributed by atoms with Crippen molar-refractivity contribution in [3.8, 4) is 11.3 Å². The highest BCUT2D eigenvalue weighted by Gasteiger charge is 2.07. The highest BCUT2D eigenvalue weighted by Crippen LogP contribution is 2.23. The predicted molar refractivity (Wildman–Crippen MR) is 57.7 cm³/mol. The van der Waals surface area contributed by atoms with Gasteiger partial charge in [-0.25, -0.2) is 4.98 Å². The maximum absolute atomic E-state index is 5.95. The van der Waals surface area contributed by atoms with E-state index in [1.165, 1.54) is 0 Å². The third-order valence-electron chi connectivity index (χ3n) is 2.27. The van der Waals surface area contributed by atoms with Crippen molar-refractivity contribution < 1.29 is 0 Å². The SMILES string of the molecule is CCn1cnc(-c2ccccc2)c1N. The largest absolute Gasteiger partial charge is 0.383 e. The second-order valence-electron chi connectivity index (χ2n) is 3.13. The molecule has 2 aromatic rings. The molecule has 0 saturated heterocycles. The van der Waals surface area contributed by atoms with Crippen molar-refractivity contribution in [3.63, 3.8) is 0 Å².